The monoisotopic (exact) mass is 333 g/mol. The molecule has 6 nitrogen and oxygen atoms in total. The molecule has 1 atom stereocenters. The number of methoxy groups -OCH3 is 1. The number of carbonyl (C=O) groups is 1. The normalized spacial score (nSPS) is 18.9. The van der Waals surface area contributed by atoms with Crippen LogP contribution in [0, 0.1) is 6.92 Å². The van der Waals surface area contributed by atoms with E-state index in [-0.39, 0.29) is 15.9 Å². The highest BCUT2D eigenvalue weighted by molar-refractivity contribution is 7.89. The number of hydrogen-bond acceptors (Lipinski definition) is 6. The number of aryl methyl sites for hydroxylation is 1. The van der Waals surface area contributed by atoms with Crippen LogP contribution >= 0.6 is 11.3 Å². The second-order valence-electron chi connectivity index (χ2n) is 4.89. The summed E-state index contributed by atoms with van der Waals surface area (Å²) in [6, 6.07) is 0. The van der Waals surface area contributed by atoms with Crippen molar-refractivity contribution in [2.45, 2.75) is 37.2 Å². The highest BCUT2D eigenvalue weighted by Gasteiger charge is 2.27. The third-order valence-electron chi connectivity index (χ3n) is 3.34. The predicted molar refractivity (Wildman–Crippen MR) is 79.2 cm³/mol. The third kappa shape index (κ3) is 3.82. The molecule has 118 valence electrons. The molecule has 0 amide bonds. The van der Waals surface area contributed by atoms with Crippen LogP contribution < -0.4 is 4.72 Å². The summed E-state index contributed by atoms with van der Waals surface area (Å²) in [4.78, 5) is 11.8. The van der Waals surface area contributed by atoms with Crippen LogP contribution in [0.1, 0.15) is 34.5 Å². The molecule has 0 radical (unpaired) electrons. The number of hydrogen-bond donors (Lipinski definition) is 1. The van der Waals surface area contributed by atoms with Gasteiger partial charge in [0.2, 0.25) is 10.0 Å². The molecular formula is C13H19NO5S2. The van der Waals surface area contributed by atoms with Crippen LogP contribution in [-0.2, 0) is 19.5 Å². The molecule has 2 heterocycles. The molecule has 1 aromatic rings. The van der Waals surface area contributed by atoms with Crippen LogP contribution in [0.3, 0.4) is 0 Å². The molecule has 0 bridgehead atoms. The Balaban J connectivity index is 2.08. The lowest BCUT2D eigenvalue weighted by molar-refractivity contribution is 0.0602. The standard InChI is InChI=1S/C13H19NO5S2/c1-9-8-20-11(13(15)18-2)12(9)21(16,17)14-6-5-10-4-3-7-19-10/h8,10,14H,3-7H2,1-2H3. The zero-order chi connectivity index (χ0) is 15.5. The van der Waals surface area contributed by atoms with Gasteiger partial charge in [-0.15, -0.1) is 11.3 Å². The number of sulfonamides is 1. The Kier molecular flexibility index (Phi) is 5.37. The molecule has 1 unspecified atom stereocenters. The smallest absolute Gasteiger partial charge is 0.349 e. The molecular weight excluding hydrogens is 314 g/mol. The van der Waals surface area contributed by atoms with Gasteiger partial charge in [-0.2, -0.15) is 0 Å². The molecule has 1 N–H and O–H groups in total. The van der Waals surface area contributed by atoms with Gasteiger partial charge in [0.1, 0.15) is 9.77 Å². The predicted octanol–water partition coefficient (Wildman–Crippen LogP) is 1.69. The topological polar surface area (TPSA) is 81.7 Å². The van der Waals surface area contributed by atoms with Crippen molar-refractivity contribution in [3.63, 3.8) is 0 Å². The zero-order valence-electron chi connectivity index (χ0n) is 12.0. The van der Waals surface area contributed by atoms with Crippen LogP contribution in [0.2, 0.25) is 0 Å². The minimum Gasteiger partial charge on any atom is -0.465 e. The van der Waals surface area contributed by atoms with Gasteiger partial charge in [-0.3, -0.25) is 0 Å². The second kappa shape index (κ2) is 6.87. The van der Waals surface area contributed by atoms with Gasteiger partial charge in [-0.1, -0.05) is 0 Å². The Hall–Kier alpha value is -0.960. The molecule has 0 saturated carbocycles. The molecule has 21 heavy (non-hydrogen) atoms. The Morgan fingerprint density at radius 1 is 1.57 bits per heavy atom. The lowest BCUT2D eigenvalue weighted by Gasteiger charge is -2.11. The summed E-state index contributed by atoms with van der Waals surface area (Å²) in [5.41, 5.74) is 0.546. The van der Waals surface area contributed by atoms with E-state index in [4.69, 9.17) is 4.74 Å². The molecule has 8 heteroatoms. The highest BCUT2D eigenvalue weighted by Crippen LogP contribution is 2.27. The van der Waals surface area contributed by atoms with E-state index in [0.717, 1.165) is 30.8 Å². The Labute approximate surface area is 128 Å². The fraction of sp³-hybridized carbons (Fsp3) is 0.615. The van der Waals surface area contributed by atoms with Crippen molar-refractivity contribution in [1.82, 2.24) is 4.72 Å². The third-order valence-corrected chi connectivity index (χ3v) is 6.19. The molecule has 2 rings (SSSR count). The van der Waals surface area contributed by atoms with Crippen molar-refractivity contribution in [3.8, 4) is 0 Å². The van der Waals surface area contributed by atoms with E-state index in [1.54, 1.807) is 12.3 Å². The molecule has 0 aromatic carbocycles. The molecule has 1 fully saturated rings. The first-order chi connectivity index (χ1) is 9.95. The van der Waals surface area contributed by atoms with Crippen molar-refractivity contribution >= 4 is 27.3 Å². The van der Waals surface area contributed by atoms with E-state index in [2.05, 4.69) is 9.46 Å². The summed E-state index contributed by atoms with van der Waals surface area (Å²) in [6.07, 6.45) is 2.74. The van der Waals surface area contributed by atoms with Gasteiger partial charge in [0.15, 0.2) is 0 Å². The van der Waals surface area contributed by atoms with Crippen molar-refractivity contribution in [2.24, 2.45) is 0 Å². The van der Waals surface area contributed by atoms with Gasteiger partial charge in [-0.25, -0.2) is 17.9 Å². The van der Waals surface area contributed by atoms with Gasteiger partial charge in [-0.05, 0) is 37.1 Å². The van der Waals surface area contributed by atoms with Gasteiger partial charge >= 0.3 is 5.97 Å². The molecule has 0 spiro atoms. The van der Waals surface area contributed by atoms with Gasteiger partial charge in [0, 0.05) is 13.2 Å². The number of thiophene rings is 1. The van der Waals surface area contributed by atoms with Crippen molar-refractivity contribution < 1.29 is 22.7 Å². The molecule has 1 aliphatic heterocycles. The maximum absolute atomic E-state index is 12.4. The van der Waals surface area contributed by atoms with E-state index in [9.17, 15) is 13.2 Å². The van der Waals surface area contributed by atoms with E-state index >= 15 is 0 Å². The number of carbonyl (C=O) groups excluding carboxylic acids is 1. The molecule has 0 aliphatic carbocycles. The fourth-order valence-corrected chi connectivity index (χ4v) is 5.05. The number of esters is 1. The summed E-state index contributed by atoms with van der Waals surface area (Å²) in [5.74, 6) is -0.632. The van der Waals surface area contributed by atoms with Crippen LogP contribution in [-0.4, -0.2) is 40.8 Å². The van der Waals surface area contributed by atoms with Gasteiger partial charge in [0.25, 0.3) is 0 Å². The summed E-state index contributed by atoms with van der Waals surface area (Å²) in [7, 11) is -2.49. The van der Waals surface area contributed by atoms with E-state index in [1.807, 2.05) is 0 Å². The average Bonchev–Trinajstić information content (AvgIpc) is 3.07. The molecule has 1 aliphatic rings. The van der Waals surface area contributed by atoms with Crippen LogP contribution in [0.5, 0.6) is 0 Å². The summed E-state index contributed by atoms with van der Waals surface area (Å²) in [6.45, 7) is 2.70. The van der Waals surface area contributed by atoms with E-state index < -0.39 is 16.0 Å². The quantitative estimate of drug-likeness (QED) is 0.801. The SMILES string of the molecule is COC(=O)c1scc(C)c1S(=O)(=O)NCCC1CCCO1. The lowest BCUT2D eigenvalue weighted by atomic mass is 10.2. The minimum absolute atomic E-state index is 0.0201. The number of ether oxygens (including phenoxy) is 2. The van der Waals surface area contributed by atoms with Crippen molar-refractivity contribution in [2.75, 3.05) is 20.3 Å². The number of nitrogens with one attached hydrogen (secondary N) is 1. The Bertz CT molecular complexity index is 602. The molecule has 1 aromatic heterocycles. The van der Waals surface area contributed by atoms with E-state index in [0.29, 0.717) is 18.5 Å². The Morgan fingerprint density at radius 2 is 2.33 bits per heavy atom. The minimum atomic E-state index is -3.72. The van der Waals surface area contributed by atoms with Crippen molar-refractivity contribution in [3.05, 3.63) is 15.8 Å². The highest BCUT2D eigenvalue weighted by atomic mass is 32.2. The van der Waals surface area contributed by atoms with E-state index in [1.165, 1.54) is 7.11 Å². The van der Waals surface area contributed by atoms with Gasteiger partial charge in [0.05, 0.1) is 13.2 Å². The molecule has 1 saturated heterocycles. The van der Waals surface area contributed by atoms with Crippen LogP contribution in [0.15, 0.2) is 10.3 Å². The first-order valence-corrected chi connectivity index (χ1v) is 9.09. The fourth-order valence-electron chi connectivity index (χ4n) is 2.30. The first-order valence-electron chi connectivity index (χ1n) is 6.73. The number of rotatable bonds is 6. The van der Waals surface area contributed by atoms with Gasteiger partial charge < -0.3 is 9.47 Å². The maximum Gasteiger partial charge on any atom is 0.349 e. The average molecular weight is 333 g/mol. The Morgan fingerprint density at radius 3 is 2.95 bits per heavy atom. The first kappa shape index (κ1) is 16.4. The summed E-state index contributed by atoms with van der Waals surface area (Å²) < 4.78 is 37.4. The largest absolute Gasteiger partial charge is 0.465 e. The van der Waals surface area contributed by atoms with Crippen molar-refractivity contribution in [1.29, 1.82) is 0 Å². The maximum atomic E-state index is 12.4. The lowest BCUT2D eigenvalue weighted by Crippen LogP contribution is -2.28. The summed E-state index contributed by atoms with van der Waals surface area (Å²) in [5, 5.41) is 1.64. The second-order valence-corrected chi connectivity index (χ2v) is 7.47. The van der Waals surface area contributed by atoms with Crippen LogP contribution in [0.4, 0.5) is 0 Å². The summed E-state index contributed by atoms with van der Waals surface area (Å²) >= 11 is 1.08. The zero-order valence-corrected chi connectivity index (χ0v) is 13.7. The van der Waals surface area contributed by atoms with Crippen LogP contribution in [0.25, 0.3) is 0 Å².